The van der Waals surface area contributed by atoms with Crippen LogP contribution in [0.1, 0.15) is 24.2 Å². The maximum absolute atomic E-state index is 5.06. The second-order valence-electron chi connectivity index (χ2n) is 15.3. The molecule has 11 rings (SSSR count). The molecule has 10 aromatic rings. The Hall–Kier alpha value is -8.29. The van der Waals surface area contributed by atoms with E-state index in [1.807, 2.05) is 24.3 Å². The molecule has 0 unspecified atom stereocenters. The van der Waals surface area contributed by atoms with Crippen LogP contribution < -0.4 is 0 Å². The van der Waals surface area contributed by atoms with Gasteiger partial charge in [-0.25, -0.2) is 15.0 Å². The molecule has 0 saturated heterocycles. The van der Waals surface area contributed by atoms with Crippen LogP contribution in [0.5, 0.6) is 0 Å². The molecule has 0 fully saturated rings. The molecule has 7 heteroatoms. The highest BCUT2D eigenvalue weighted by molar-refractivity contribution is 6.27. The van der Waals surface area contributed by atoms with Gasteiger partial charge in [0.05, 0.1) is 27.8 Å². The summed E-state index contributed by atoms with van der Waals surface area (Å²) in [5.74, 6) is 1.54. The Morgan fingerprint density at radius 3 is 1.87 bits per heavy atom. The van der Waals surface area contributed by atoms with Crippen molar-refractivity contribution in [2.75, 3.05) is 0 Å². The number of para-hydroxylation sites is 3. The van der Waals surface area contributed by atoms with Gasteiger partial charge >= 0.3 is 0 Å². The van der Waals surface area contributed by atoms with E-state index < -0.39 is 0 Å². The zero-order valence-electron chi connectivity index (χ0n) is 33.8. The highest BCUT2D eigenvalue weighted by Gasteiger charge is 2.24. The summed E-state index contributed by atoms with van der Waals surface area (Å²) in [7, 11) is 0. The lowest BCUT2D eigenvalue weighted by Gasteiger charge is -2.19. The number of pyridine rings is 2. The Balaban J connectivity index is 1.22. The molecule has 62 heavy (non-hydrogen) atoms. The first-order valence-electron chi connectivity index (χ1n) is 20.8. The minimum Gasteiger partial charge on any atom is -0.309 e. The SMILES string of the molecule is C=C(/C=C(\C(=C\C1=CCCC=C1)n1c2ccccc2c2ccc3c(c4ccccc4n3-c3ccccc3)c21)c1ccccc1)c1nc(-c2ccncc2)nc(-c2ccncc2)n1. The summed E-state index contributed by atoms with van der Waals surface area (Å²) in [6, 6.07) is 50.9. The van der Waals surface area contributed by atoms with Crippen LogP contribution in [0.2, 0.25) is 0 Å². The van der Waals surface area contributed by atoms with Crippen LogP contribution in [0, 0.1) is 0 Å². The summed E-state index contributed by atoms with van der Waals surface area (Å²) >= 11 is 0. The van der Waals surface area contributed by atoms with Gasteiger partial charge in [-0.1, -0.05) is 116 Å². The van der Waals surface area contributed by atoms with Crippen molar-refractivity contribution in [2.24, 2.45) is 0 Å². The van der Waals surface area contributed by atoms with E-state index >= 15 is 0 Å². The van der Waals surface area contributed by atoms with E-state index in [1.165, 1.54) is 21.5 Å². The molecule has 0 bridgehead atoms. The lowest BCUT2D eigenvalue weighted by Crippen LogP contribution is -2.04. The van der Waals surface area contributed by atoms with Gasteiger partial charge in [-0.2, -0.15) is 0 Å². The van der Waals surface area contributed by atoms with Gasteiger partial charge in [-0.05, 0) is 90.7 Å². The Bertz CT molecular complexity index is 3390. The minimum absolute atomic E-state index is 0.471. The fourth-order valence-electron chi connectivity index (χ4n) is 8.72. The van der Waals surface area contributed by atoms with E-state index in [0.29, 0.717) is 23.0 Å². The smallest absolute Gasteiger partial charge is 0.164 e. The number of nitrogens with zero attached hydrogens (tertiary/aromatic N) is 7. The number of benzene rings is 5. The molecule has 1 aliphatic carbocycles. The van der Waals surface area contributed by atoms with E-state index in [2.05, 4.69) is 171 Å². The monoisotopic (exact) mass is 797 g/mol. The molecular weight excluding hydrogens is 759 g/mol. The molecule has 0 atom stereocenters. The van der Waals surface area contributed by atoms with Crippen molar-refractivity contribution in [3.8, 4) is 28.5 Å². The summed E-state index contributed by atoms with van der Waals surface area (Å²) in [6.07, 6.45) is 20.3. The maximum atomic E-state index is 5.06. The number of aromatic nitrogens is 7. The predicted molar refractivity (Wildman–Crippen MR) is 254 cm³/mol. The summed E-state index contributed by atoms with van der Waals surface area (Å²) < 4.78 is 4.86. The molecule has 7 nitrogen and oxygen atoms in total. The van der Waals surface area contributed by atoms with Gasteiger partial charge in [0, 0.05) is 74.3 Å². The van der Waals surface area contributed by atoms with Gasteiger partial charge < -0.3 is 9.13 Å². The van der Waals surface area contributed by atoms with E-state index in [-0.39, 0.29) is 0 Å². The molecule has 294 valence electrons. The van der Waals surface area contributed by atoms with Crippen molar-refractivity contribution in [1.82, 2.24) is 34.1 Å². The number of hydrogen-bond donors (Lipinski definition) is 0. The van der Waals surface area contributed by atoms with Crippen LogP contribution >= 0.6 is 0 Å². The normalized spacial score (nSPS) is 13.3. The van der Waals surface area contributed by atoms with E-state index in [1.54, 1.807) is 24.8 Å². The third-order valence-electron chi connectivity index (χ3n) is 11.5. The third-order valence-corrected chi connectivity index (χ3v) is 11.5. The summed E-state index contributed by atoms with van der Waals surface area (Å²) in [4.78, 5) is 23.5. The molecule has 5 aromatic heterocycles. The molecular formula is C55H39N7. The Kier molecular flexibility index (Phi) is 9.32. The van der Waals surface area contributed by atoms with Crippen LogP contribution in [0.4, 0.5) is 0 Å². The number of fused-ring (bicyclic) bond motifs is 7. The molecule has 0 aliphatic heterocycles. The number of allylic oxidation sites excluding steroid dienone is 9. The van der Waals surface area contributed by atoms with Gasteiger partial charge in [0.25, 0.3) is 0 Å². The maximum Gasteiger partial charge on any atom is 0.164 e. The van der Waals surface area contributed by atoms with Crippen molar-refractivity contribution in [2.45, 2.75) is 12.8 Å². The molecule has 0 spiro atoms. The van der Waals surface area contributed by atoms with Crippen LogP contribution in [0.25, 0.3) is 88.9 Å². The van der Waals surface area contributed by atoms with E-state index in [9.17, 15) is 0 Å². The Morgan fingerprint density at radius 1 is 0.565 bits per heavy atom. The van der Waals surface area contributed by atoms with Crippen molar-refractivity contribution >= 4 is 60.5 Å². The third kappa shape index (κ3) is 6.53. The van der Waals surface area contributed by atoms with Crippen LogP contribution in [0.3, 0.4) is 0 Å². The predicted octanol–water partition coefficient (Wildman–Crippen LogP) is 13.1. The van der Waals surface area contributed by atoms with E-state index in [0.717, 1.165) is 74.1 Å². The van der Waals surface area contributed by atoms with Crippen LogP contribution in [-0.2, 0) is 0 Å². The number of rotatable bonds is 9. The second kappa shape index (κ2) is 15.7. The van der Waals surface area contributed by atoms with Crippen LogP contribution in [-0.4, -0.2) is 34.1 Å². The minimum atomic E-state index is 0.471. The number of hydrogen-bond acceptors (Lipinski definition) is 5. The average molecular weight is 798 g/mol. The quantitative estimate of drug-likeness (QED) is 0.136. The topological polar surface area (TPSA) is 74.3 Å². The van der Waals surface area contributed by atoms with Gasteiger partial charge in [-0.15, -0.1) is 0 Å². The molecule has 5 aromatic carbocycles. The van der Waals surface area contributed by atoms with E-state index in [4.69, 9.17) is 21.5 Å². The lowest BCUT2D eigenvalue weighted by molar-refractivity contribution is 1.02. The van der Waals surface area contributed by atoms with Crippen molar-refractivity contribution in [3.63, 3.8) is 0 Å². The first-order chi connectivity index (χ1) is 30.7. The highest BCUT2D eigenvalue weighted by Crippen LogP contribution is 2.44. The first kappa shape index (κ1) is 36.8. The fraction of sp³-hybridized carbons (Fsp3) is 0.0364. The zero-order valence-corrected chi connectivity index (χ0v) is 33.8. The Labute approximate surface area is 358 Å². The molecule has 0 saturated carbocycles. The van der Waals surface area contributed by atoms with Crippen molar-refractivity contribution < 1.29 is 0 Å². The largest absolute Gasteiger partial charge is 0.309 e. The van der Waals surface area contributed by atoms with Gasteiger partial charge in [-0.3, -0.25) is 9.97 Å². The second-order valence-corrected chi connectivity index (χ2v) is 15.3. The lowest BCUT2D eigenvalue weighted by atomic mass is 9.96. The van der Waals surface area contributed by atoms with Gasteiger partial charge in [0.1, 0.15) is 0 Å². The fourth-order valence-corrected chi connectivity index (χ4v) is 8.72. The summed E-state index contributed by atoms with van der Waals surface area (Å²) in [6.45, 7) is 4.70. The molecule has 1 aliphatic rings. The van der Waals surface area contributed by atoms with Crippen molar-refractivity contribution in [1.29, 1.82) is 0 Å². The molecule has 5 heterocycles. The average Bonchev–Trinajstić information content (AvgIpc) is 3.87. The van der Waals surface area contributed by atoms with Crippen LogP contribution in [0.15, 0.2) is 213 Å². The van der Waals surface area contributed by atoms with Crippen molar-refractivity contribution in [3.05, 3.63) is 224 Å². The molecule has 0 N–H and O–H groups in total. The first-order valence-corrected chi connectivity index (χ1v) is 20.8. The Morgan fingerprint density at radius 2 is 1.19 bits per heavy atom. The molecule has 0 radical (unpaired) electrons. The summed E-state index contributed by atoms with van der Waals surface area (Å²) in [5, 5.41) is 4.72. The highest BCUT2D eigenvalue weighted by atomic mass is 15.0. The molecule has 0 amide bonds. The van der Waals surface area contributed by atoms with Gasteiger partial charge in [0.15, 0.2) is 17.5 Å². The standard InChI is InChI=1S/C55H39N7/c1-37(53-58-54(40-27-31-56-32-28-40)60-55(59-53)41-29-33-57-34-30-41)35-46(39-17-7-3-8-18-39)50(36-38-15-5-2-6-16-38)62-47-23-13-11-21-43(47)44-25-26-49-51(52(44)62)45-22-12-14-24-48(45)61(49)42-19-9-4-10-20-42/h3-5,7-36H,1-2,6H2/b46-35-,50-36-. The van der Waals surface area contributed by atoms with Gasteiger partial charge in [0.2, 0.25) is 0 Å². The summed E-state index contributed by atoms with van der Waals surface area (Å²) in [5.41, 5.74) is 12.1. The zero-order chi connectivity index (χ0) is 41.4.